The zero-order chi connectivity index (χ0) is 19.4. The third-order valence-corrected chi connectivity index (χ3v) is 6.47. The van der Waals surface area contributed by atoms with Gasteiger partial charge in [0.2, 0.25) is 21.8 Å². The molecule has 0 radical (unpaired) electrons. The molecule has 0 spiro atoms. The summed E-state index contributed by atoms with van der Waals surface area (Å²) >= 11 is 0. The molecule has 1 aliphatic rings. The summed E-state index contributed by atoms with van der Waals surface area (Å²) in [6.45, 7) is 0.302. The molecule has 2 amide bonds. The number of nitrogens with one attached hydrogen (secondary N) is 1. The minimum atomic E-state index is -3.76. The molecule has 0 saturated carbocycles. The number of carbonyl (C=O) groups is 2. The highest BCUT2D eigenvalue weighted by Gasteiger charge is 2.37. The van der Waals surface area contributed by atoms with Gasteiger partial charge < -0.3 is 11.1 Å². The lowest BCUT2D eigenvalue weighted by atomic mass is 10.0. The van der Waals surface area contributed by atoms with Crippen molar-refractivity contribution in [2.75, 3.05) is 11.9 Å². The smallest absolute Gasteiger partial charge is 0.248 e. The summed E-state index contributed by atoms with van der Waals surface area (Å²) in [6, 6.07) is 13.5. The number of sulfonamides is 1. The molecular formula is C19H21N3O4S. The third-order valence-electron chi connectivity index (χ3n) is 4.54. The molecule has 1 aliphatic heterocycles. The van der Waals surface area contributed by atoms with Crippen LogP contribution in [0.1, 0.15) is 29.6 Å². The second-order valence-corrected chi connectivity index (χ2v) is 8.26. The highest BCUT2D eigenvalue weighted by molar-refractivity contribution is 7.89. The fraction of sp³-hybridized carbons (Fsp3) is 0.263. The van der Waals surface area contributed by atoms with Crippen molar-refractivity contribution in [3.63, 3.8) is 0 Å². The Morgan fingerprint density at radius 1 is 1.00 bits per heavy atom. The molecule has 2 aromatic carbocycles. The van der Waals surface area contributed by atoms with E-state index in [1.54, 1.807) is 30.3 Å². The number of nitrogens with zero attached hydrogens (tertiary/aromatic N) is 1. The van der Waals surface area contributed by atoms with E-state index in [9.17, 15) is 18.0 Å². The maximum Gasteiger partial charge on any atom is 0.248 e. The van der Waals surface area contributed by atoms with Crippen LogP contribution in [0, 0.1) is 0 Å². The highest BCUT2D eigenvalue weighted by atomic mass is 32.2. The van der Waals surface area contributed by atoms with Crippen LogP contribution < -0.4 is 11.1 Å². The minimum absolute atomic E-state index is 0.176. The van der Waals surface area contributed by atoms with E-state index in [-0.39, 0.29) is 10.8 Å². The predicted octanol–water partition coefficient (Wildman–Crippen LogP) is 1.97. The normalized spacial score (nSPS) is 18.0. The molecule has 8 heteroatoms. The molecule has 1 unspecified atom stereocenters. The van der Waals surface area contributed by atoms with Crippen LogP contribution in [-0.2, 0) is 14.8 Å². The zero-order valence-electron chi connectivity index (χ0n) is 14.7. The second kappa shape index (κ2) is 7.89. The Balaban J connectivity index is 1.80. The molecule has 1 saturated heterocycles. The van der Waals surface area contributed by atoms with Crippen LogP contribution in [0.15, 0.2) is 59.5 Å². The van der Waals surface area contributed by atoms with Crippen molar-refractivity contribution in [3.05, 3.63) is 60.2 Å². The van der Waals surface area contributed by atoms with Crippen LogP contribution in [0.4, 0.5) is 5.69 Å². The number of rotatable bonds is 5. The molecule has 3 rings (SSSR count). The summed E-state index contributed by atoms with van der Waals surface area (Å²) in [5.41, 5.74) is 6.02. The average molecular weight is 387 g/mol. The van der Waals surface area contributed by atoms with Crippen molar-refractivity contribution in [2.45, 2.75) is 30.2 Å². The van der Waals surface area contributed by atoms with Gasteiger partial charge >= 0.3 is 0 Å². The van der Waals surface area contributed by atoms with E-state index in [2.05, 4.69) is 5.32 Å². The van der Waals surface area contributed by atoms with Gasteiger partial charge in [-0.05, 0) is 49.2 Å². The molecule has 3 N–H and O–H groups in total. The van der Waals surface area contributed by atoms with Gasteiger partial charge in [0, 0.05) is 17.8 Å². The third kappa shape index (κ3) is 4.17. The maximum atomic E-state index is 13.0. The van der Waals surface area contributed by atoms with Crippen LogP contribution in [0.5, 0.6) is 0 Å². The quantitative estimate of drug-likeness (QED) is 0.817. The molecule has 27 heavy (non-hydrogen) atoms. The van der Waals surface area contributed by atoms with E-state index in [1.807, 2.05) is 0 Å². The molecular weight excluding hydrogens is 366 g/mol. The number of carbonyl (C=O) groups excluding carboxylic acids is 2. The summed E-state index contributed by atoms with van der Waals surface area (Å²) in [7, 11) is -3.76. The van der Waals surface area contributed by atoms with E-state index in [0.29, 0.717) is 30.6 Å². The van der Waals surface area contributed by atoms with Gasteiger partial charge in [0.1, 0.15) is 6.04 Å². The Labute approximate surface area is 158 Å². The van der Waals surface area contributed by atoms with Crippen molar-refractivity contribution in [3.8, 4) is 0 Å². The van der Waals surface area contributed by atoms with E-state index < -0.39 is 22.0 Å². The zero-order valence-corrected chi connectivity index (χ0v) is 15.5. The SMILES string of the molecule is NC(=O)c1ccc(NC(=O)C2CCCCN2S(=O)(=O)c2ccccc2)cc1. The molecule has 1 heterocycles. The fourth-order valence-electron chi connectivity index (χ4n) is 3.13. The number of hydrogen-bond acceptors (Lipinski definition) is 4. The van der Waals surface area contributed by atoms with Crippen LogP contribution in [-0.4, -0.2) is 37.1 Å². The Kier molecular flexibility index (Phi) is 5.57. The Morgan fingerprint density at radius 3 is 2.30 bits per heavy atom. The molecule has 2 aromatic rings. The summed E-state index contributed by atoms with van der Waals surface area (Å²) in [6.07, 6.45) is 1.94. The first-order valence-corrected chi connectivity index (χ1v) is 10.1. The van der Waals surface area contributed by atoms with Crippen molar-refractivity contribution < 1.29 is 18.0 Å². The Bertz CT molecular complexity index is 927. The van der Waals surface area contributed by atoms with Crippen molar-refractivity contribution in [1.29, 1.82) is 0 Å². The van der Waals surface area contributed by atoms with Gasteiger partial charge in [0.05, 0.1) is 4.90 Å². The lowest BCUT2D eigenvalue weighted by Gasteiger charge is -2.33. The predicted molar refractivity (Wildman–Crippen MR) is 102 cm³/mol. The molecule has 1 atom stereocenters. The number of piperidine rings is 1. The van der Waals surface area contributed by atoms with E-state index in [0.717, 1.165) is 6.42 Å². The van der Waals surface area contributed by atoms with Gasteiger partial charge in [-0.25, -0.2) is 8.42 Å². The molecule has 1 fully saturated rings. The Hall–Kier alpha value is -2.71. The van der Waals surface area contributed by atoms with Gasteiger partial charge in [0.25, 0.3) is 0 Å². The van der Waals surface area contributed by atoms with Crippen LogP contribution in [0.2, 0.25) is 0 Å². The van der Waals surface area contributed by atoms with Crippen LogP contribution in [0.3, 0.4) is 0 Å². The first-order chi connectivity index (χ1) is 12.9. The number of anilines is 1. The second-order valence-electron chi connectivity index (χ2n) is 6.37. The van der Waals surface area contributed by atoms with Crippen molar-refractivity contribution in [1.82, 2.24) is 4.31 Å². The minimum Gasteiger partial charge on any atom is -0.366 e. The van der Waals surface area contributed by atoms with Gasteiger partial charge in [-0.2, -0.15) is 4.31 Å². The maximum absolute atomic E-state index is 13.0. The van der Waals surface area contributed by atoms with E-state index >= 15 is 0 Å². The number of benzene rings is 2. The molecule has 0 aliphatic carbocycles. The van der Waals surface area contributed by atoms with Crippen molar-refractivity contribution in [2.24, 2.45) is 5.73 Å². The highest BCUT2D eigenvalue weighted by Crippen LogP contribution is 2.26. The fourth-order valence-corrected chi connectivity index (χ4v) is 4.80. The van der Waals surface area contributed by atoms with E-state index in [4.69, 9.17) is 5.73 Å². The Morgan fingerprint density at radius 2 is 1.67 bits per heavy atom. The molecule has 0 bridgehead atoms. The summed E-state index contributed by atoms with van der Waals surface area (Å²) in [5, 5.41) is 2.73. The number of primary amides is 1. The lowest BCUT2D eigenvalue weighted by molar-refractivity contribution is -0.120. The topological polar surface area (TPSA) is 110 Å². The molecule has 142 valence electrons. The molecule has 0 aromatic heterocycles. The van der Waals surface area contributed by atoms with Gasteiger partial charge in [0.15, 0.2) is 0 Å². The summed E-state index contributed by atoms with van der Waals surface area (Å²) in [4.78, 5) is 24.1. The molecule has 7 nitrogen and oxygen atoms in total. The lowest BCUT2D eigenvalue weighted by Crippen LogP contribution is -2.49. The number of amides is 2. The monoisotopic (exact) mass is 387 g/mol. The van der Waals surface area contributed by atoms with Gasteiger partial charge in [-0.15, -0.1) is 0 Å². The van der Waals surface area contributed by atoms with Crippen LogP contribution in [0.25, 0.3) is 0 Å². The number of nitrogens with two attached hydrogens (primary N) is 1. The summed E-state index contributed by atoms with van der Waals surface area (Å²) in [5.74, 6) is -0.943. The van der Waals surface area contributed by atoms with Crippen molar-refractivity contribution >= 4 is 27.5 Å². The van der Waals surface area contributed by atoms with Gasteiger partial charge in [-0.1, -0.05) is 24.6 Å². The van der Waals surface area contributed by atoms with Crippen LogP contribution >= 0.6 is 0 Å². The summed E-state index contributed by atoms with van der Waals surface area (Å²) < 4.78 is 27.2. The standard InChI is InChI=1S/C19H21N3O4S/c20-18(23)14-9-11-15(12-10-14)21-19(24)17-8-4-5-13-22(17)27(25,26)16-6-2-1-3-7-16/h1-3,6-7,9-12,17H,4-5,8,13H2,(H2,20,23)(H,21,24). The largest absolute Gasteiger partial charge is 0.366 e. The first kappa shape index (κ1) is 19.1. The number of hydrogen-bond donors (Lipinski definition) is 2. The van der Waals surface area contributed by atoms with E-state index in [1.165, 1.54) is 28.6 Å². The first-order valence-electron chi connectivity index (χ1n) is 8.67. The van der Waals surface area contributed by atoms with Gasteiger partial charge in [-0.3, -0.25) is 9.59 Å². The average Bonchev–Trinajstić information content (AvgIpc) is 2.69.